The van der Waals surface area contributed by atoms with Crippen molar-refractivity contribution < 1.29 is 14.6 Å². The molecule has 0 fully saturated rings. The summed E-state index contributed by atoms with van der Waals surface area (Å²) in [5, 5.41) is 11.8. The van der Waals surface area contributed by atoms with Gasteiger partial charge in [0.15, 0.2) is 0 Å². The number of benzene rings is 1. The largest absolute Gasteiger partial charge is 0.494 e. The van der Waals surface area contributed by atoms with Crippen LogP contribution in [0.1, 0.15) is 44.0 Å². The Hall–Kier alpha value is -1.55. The highest BCUT2D eigenvalue weighted by Crippen LogP contribution is 2.14. The maximum atomic E-state index is 12.0. The molecule has 106 valence electrons. The summed E-state index contributed by atoms with van der Waals surface area (Å²) in [7, 11) is 0. The number of rotatable bonds is 7. The Labute approximate surface area is 114 Å². The molecule has 1 rings (SSSR count). The SMILES string of the molecule is CCCOc1ccc(C(=O)NC(C)(C)CCO)cc1. The average molecular weight is 265 g/mol. The van der Waals surface area contributed by atoms with Crippen LogP contribution in [0.15, 0.2) is 24.3 Å². The summed E-state index contributed by atoms with van der Waals surface area (Å²) in [5.74, 6) is 0.633. The molecule has 0 aliphatic rings. The van der Waals surface area contributed by atoms with Crippen molar-refractivity contribution in [2.45, 2.75) is 39.2 Å². The van der Waals surface area contributed by atoms with E-state index >= 15 is 0 Å². The van der Waals surface area contributed by atoms with E-state index in [1.54, 1.807) is 24.3 Å². The zero-order valence-corrected chi connectivity index (χ0v) is 11.9. The molecular weight excluding hydrogens is 242 g/mol. The summed E-state index contributed by atoms with van der Waals surface area (Å²) < 4.78 is 5.46. The highest BCUT2D eigenvalue weighted by atomic mass is 16.5. The van der Waals surface area contributed by atoms with Crippen LogP contribution < -0.4 is 10.1 Å². The molecule has 0 heterocycles. The minimum atomic E-state index is -0.413. The fraction of sp³-hybridized carbons (Fsp3) is 0.533. The Morgan fingerprint density at radius 3 is 2.47 bits per heavy atom. The van der Waals surface area contributed by atoms with E-state index in [9.17, 15) is 4.79 Å². The molecule has 0 aromatic heterocycles. The van der Waals surface area contributed by atoms with Gasteiger partial charge in [0.25, 0.3) is 5.91 Å². The van der Waals surface area contributed by atoms with Crippen LogP contribution in [0.3, 0.4) is 0 Å². The summed E-state index contributed by atoms with van der Waals surface area (Å²) in [6.45, 7) is 6.55. The molecule has 0 aliphatic heterocycles. The van der Waals surface area contributed by atoms with E-state index in [-0.39, 0.29) is 12.5 Å². The van der Waals surface area contributed by atoms with Gasteiger partial charge in [0.2, 0.25) is 0 Å². The van der Waals surface area contributed by atoms with Crippen molar-refractivity contribution in [3.05, 3.63) is 29.8 Å². The van der Waals surface area contributed by atoms with Crippen LogP contribution in [0.5, 0.6) is 5.75 Å². The fourth-order valence-corrected chi connectivity index (χ4v) is 1.64. The molecule has 0 aliphatic carbocycles. The number of amides is 1. The van der Waals surface area contributed by atoms with Gasteiger partial charge < -0.3 is 15.2 Å². The van der Waals surface area contributed by atoms with Crippen LogP contribution in [0, 0.1) is 0 Å². The van der Waals surface area contributed by atoms with Gasteiger partial charge in [-0.1, -0.05) is 6.92 Å². The van der Waals surface area contributed by atoms with Gasteiger partial charge in [0, 0.05) is 17.7 Å². The summed E-state index contributed by atoms with van der Waals surface area (Å²) >= 11 is 0. The Morgan fingerprint density at radius 1 is 1.32 bits per heavy atom. The van der Waals surface area contributed by atoms with Crippen molar-refractivity contribution in [2.24, 2.45) is 0 Å². The van der Waals surface area contributed by atoms with E-state index in [4.69, 9.17) is 9.84 Å². The highest BCUT2D eigenvalue weighted by Gasteiger charge is 2.20. The van der Waals surface area contributed by atoms with E-state index in [0.29, 0.717) is 18.6 Å². The summed E-state index contributed by atoms with van der Waals surface area (Å²) in [5.41, 5.74) is 0.179. The van der Waals surface area contributed by atoms with E-state index in [2.05, 4.69) is 5.32 Å². The molecule has 0 bridgehead atoms. The lowest BCUT2D eigenvalue weighted by Gasteiger charge is -2.25. The van der Waals surface area contributed by atoms with Gasteiger partial charge in [-0.05, 0) is 51.0 Å². The van der Waals surface area contributed by atoms with Gasteiger partial charge in [0.05, 0.1) is 6.61 Å². The normalized spacial score (nSPS) is 11.2. The molecule has 0 atom stereocenters. The molecule has 4 nitrogen and oxygen atoms in total. The zero-order valence-electron chi connectivity index (χ0n) is 11.9. The lowest BCUT2D eigenvalue weighted by molar-refractivity contribution is 0.0899. The Kier molecular flexibility index (Phi) is 5.83. The second-order valence-corrected chi connectivity index (χ2v) is 5.18. The maximum absolute atomic E-state index is 12.0. The van der Waals surface area contributed by atoms with E-state index in [1.807, 2.05) is 20.8 Å². The molecule has 1 aromatic rings. The number of carbonyl (C=O) groups excluding carboxylic acids is 1. The molecule has 0 radical (unpaired) electrons. The van der Waals surface area contributed by atoms with Crippen LogP contribution >= 0.6 is 0 Å². The second-order valence-electron chi connectivity index (χ2n) is 5.18. The molecule has 0 saturated carbocycles. The number of ether oxygens (including phenoxy) is 1. The van der Waals surface area contributed by atoms with Crippen LogP contribution in [0.4, 0.5) is 0 Å². The van der Waals surface area contributed by atoms with Gasteiger partial charge >= 0.3 is 0 Å². The van der Waals surface area contributed by atoms with Gasteiger partial charge in [-0.3, -0.25) is 4.79 Å². The van der Waals surface area contributed by atoms with E-state index in [1.165, 1.54) is 0 Å². The van der Waals surface area contributed by atoms with Crippen molar-refractivity contribution in [3.63, 3.8) is 0 Å². The smallest absolute Gasteiger partial charge is 0.251 e. The highest BCUT2D eigenvalue weighted by molar-refractivity contribution is 5.94. The predicted octanol–water partition coefficient (Wildman–Crippen LogP) is 2.37. The third-order valence-corrected chi connectivity index (χ3v) is 2.78. The lowest BCUT2D eigenvalue weighted by Crippen LogP contribution is -2.44. The van der Waals surface area contributed by atoms with Crippen molar-refractivity contribution in [2.75, 3.05) is 13.2 Å². The number of carbonyl (C=O) groups is 1. The minimum absolute atomic E-state index is 0.0527. The van der Waals surface area contributed by atoms with Crippen molar-refractivity contribution in [1.82, 2.24) is 5.32 Å². The Morgan fingerprint density at radius 2 is 1.95 bits per heavy atom. The molecule has 4 heteroatoms. The van der Waals surface area contributed by atoms with Crippen molar-refractivity contribution in [3.8, 4) is 5.75 Å². The van der Waals surface area contributed by atoms with E-state index in [0.717, 1.165) is 12.2 Å². The third-order valence-electron chi connectivity index (χ3n) is 2.78. The van der Waals surface area contributed by atoms with Gasteiger partial charge in [-0.2, -0.15) is 0 Å². The third kappa shape index (κ3) is 5.30. The summed E-state index contributed by atoms with van der Waals surface area (Å²) in [6.07, 6.45) is 1.48. The van der Waals surface area contributed by atoms with Gasteiger partial charge in [0.1, 0.15) is 5.75 Å². The van der Waals surface area contributed by atoms with Gasteiger partial charge in [-0.15, -0.1) is 0 Å². The molecule has 0 unspecified atom stereocenters. The number of hydrogen-bond donors (Lipinski definition) is 2. The average Bonchev–Trinajstić information content (AvgIpc) is 2.36. The number of hydrogen-bond acceptors (Lipinski definition) is 3. The zero-order chi connectivity index (χ0) is 14.3. The van der Waals surface area contributed by atoms with Crippen LogP contribution in [0.25, 0.3) is 0 Å². The van der Waals surface area contributed by atoms with Crippen LogP contribution in [-0.2, 0) is 0 Å². The molecule has 1 amide bonds. The Bertz CT molecular complexity index is 398. The molecule has 1 aromatic carbocycles. The first-order valence-corrected chi connectivity index (χ1v) is 6.65. The number of nitrogens with one attached hydrogen (secondary N) is 1. The van der Waals surface area contributed by atoms with Crippen LogP contribution in [-0.4, -0.2) is 29.8 Å². The van der Waals surface area contributed by atoms with Crippen molar-refractivity contribution >= 4 is 5.91 Å². The quantitative estimate of drug-likeness (QED) is 0.795. The molecule has 0 spiro atoms. The number of aliphatic hydroxyl groups is 1. The first-order valence-electron chi connectivity index (χ1n) is 6.65. The maximum Gasteiger partial charge on any atom is 0.251 e. The molecule has 19 heavy (non-hydrogen) atoms. The molecule has 0 saturated heterocycles. The van der Waals surface area contributed by atoms with Gasteiger partial charge in [-0.25, -0.2) is 0 Å². The first kappa shape index (κ1) is 15.5. The van der Waals surface area contributed by atoms with E-state index < -0.39 is 5.54 Å². The fourth-order valence-electron chi connectivity index (χ4n) is 1.64. The summed E-state index contributed by atoms with van der Waals surface area (Å²) in [6, 6.07) is 7.08. The Balaban J connectivity index is 2.62. The standard InChI is InChI=1S/C15H23NO3/c1-4-11-19-13-7-5-12(6-8-13)14(18)16-15(2,3)9-10-17/h5-8,17H,4,9-11H2,1-3H3,(H,16,18). The first-order chi connectivity index (χ1) is 8.98. The monoisotopic (exact) mass is 265 g/mol. The minimum Gasteiger partial charge on any atom is -0.494 e. The van der Waals surface area contributed by atoms with Crippen LogP contribution in [0.2, 0.25) is 0 Å². The topological polar surface area (TPSA) is 58.6 Å². The predicted molar refractivity (Wildman–Crippen MR) is 75.5 cm³/mol. The summed E-state index contributed by atoms with van der Waals surface area (Å²) in [4.78, 5) is 12.0. The molecular formula is C15H23NO3. The lowest BCUT2D eigenvalue weighted by atomic mass is 10.0. The molecule has 2 N–H and O–H groups in total. The van der Waals surface area contributed by atoms with Crippen molar-refractivity contribution in [1.29, 1.82) is 0 Å². The number of aliphatic hydroxyl groups excluding tert-OH is 1. The second kappa shape index (κ2) is 7.14.